The number of halogens is 1. The minimum atomic E-state index is 0.355. The Balaban J connectivity index is 1.92. The summed E-state index contributed by atoms with van der Waals surface area (Å²) in [4.78, 5) is 0. The van der Waals surface area contributed by atoms with Crippen molar-refractivity contribution in [1.29, 1.82) is 0 Å². The fourth-order valence-corrected chi connectivity index (χ4v) is 3.13. The summed E-state index contributed by atoms with van der Waals surface area (Å²) in [6, 6.07) is 6.69. The van der Waals surface area contributed by atoms with Crippen LogP contribution in [0.4, 0.5) is 5.69 Å². The SMILES string of the molecule is Brc1cccc2c1OC1CCCCCC1N2. The van der Waals surface area contributed by atoms with Gasteiger partial charge in [0.2, 0.25) is 0 Å². The summed E-state index contributed by atoms with van der Waals surface area (Å²) in [7, 11) is 0. The number of fused-ring (bicyclic) bond motifs is 2. The molecule has 1 heterocycles. The summed E-state index contributed by atoms with van der Waals surface area (Å²) in [5, 5.41) is 3.62. The van der Waals surface area contributed by atoms with Gasteiger partial charge in [0.25, 0.3) is 0 Å². The van der Waals surface area contributed by atoms with E-state index in [0.717, 1.165) is 15.9 Å². The number of ether oxygens (including phenoxy) is 1. The summed E-state index contributed by atoms with van der Waals surface area (Å²) in [5.41, 5.74) is 1.14. The Labute approximate surface area is 105 Å². The van der Waals surface area contributed by atoms with Gasteiger partial charge in [-0.1, -0.05) is 18.9 Å². The predicted octanol–water partition coefficient (Wildman–Crippen LogP) is 3.95. The number of para-hydroxylation sites is 1. The molecule has 0 amide bonds. The van der Waals surface area contributed by atoms with E-state index in [2.05, 4.69) is 33.4 Å². The van der Waals surface area contributed by atoms with Crippen LogP contribution in [0.15, 0.2) is 22.7 Å². The third-order valence-electron chi connectivity index (χ3n) is 3.53. The van der Waals surface area contributed by atoms with Gasteiger partial charge in [0.05, 0.1) is 16.2 Å². The Morgan fingerprint density at radius 3 is 3.00 bits per heavy atom. The molecule has 0 radical (unpaired) electrons. The molecule has 16 heavy (non-hydrogen) atoms. The maximum absolute atomic E-state index is 6.14. The summed E-state index contributed by atoms with van der Waals surface area (Å²) >= 11 is 3.55. The van der Waals surface area contributed by atoms with Crippen LogP contribution in [0.25, 0.3) is 0 Å². The highest BCUT2D eigenvalue weighted by Crippen LogP contribution is 2.40. The molecule has 1 saturated carbocycles. The van der Waals surface area contributed by atoms with Crippen LogP contribution >= 0.6 is 15.9 Å². The van der Waals surface area contributed by atoms with E-state index in [4.69, 9.17) is 4.74 Å². The van der Waals surface area contributed by atoms with E-state index in [1.165, 1.54) is 32.1 Å². The first-order valence-electron chi connectivity index (χ1n) is 6.06. The van der Waals surface area contributed by atoms with Crippen LogP contribution in [0, 0.1) is 0 Å². The molecule has 2 aliphatic rings. The topological polar surface area (TPSA) is 21.3 Å². The minimum absolute atomic E-state index is 0.355. The van der Waals surface area contributed by atoms with Crippen LogP contribution in [0.1, 0.15) is 32.1 Å². The van der Waals surface area contributed by atoms with Crippen molar-refractivity contribution in [2.24, 2.45) is 0 Å². The highest BCUT2D eigenvalue weighted by atomic mass is 79.9. The van der Waals surface area contributed by atoms with Crippen molar-refractivity contribution in [2.45, 2.75) is 44.2 Å². The van der Waals surface area contributed by atoms with E-state index >= 15 is 0 Å². The van der Waals surface area contributed by atoms with Gasteiger partial charge in [-0.15, -0.1) is 0 Å². The zero-order chi connectivity index (χ0) is 11.0. The van der Waals surface area contributed by atoms with Gasteiger partial charge in [0, 0.05) is 0 Å². The van der Waals surface area contributed by atoms with Gasteiger partial charge in [-0.05, 0) is 47.3 Å². The maximum atomic E-state index is 6.14. The summed E-state index contributed by atoms with van der Waals surface area (Å²) in [6.07, 6.45) is 6.72. The molecule has 1 aromatic rings. The number of hydrogen-bond donors (Lipinski definition) is 1. The van der Waals surface area contributed by atoms with Crippen molar-refractivity contribution in [2.75, 3.05) is 5.32 Å². The Morgan fingerprint density at radius 1 is 1.19 bits per heavy atom. The summed E-state index contributed by atoms with van der Waals surface area (Å²) < 4.78 is 7.19. The van der Waals surface area contributed by atoms with Gasteiger partial charge in [-0.25, -0.2) is 0 Å². The minimum Gasteiger partial charge on any atom is -0.485 e. The predicted molar refractivity (Wildman–Crippen MR) is 69.1 cm³/mol. The molecule has 1 fully saturated rings. The van der Waals surface area contributed by atoms with Crippen LogP contribution in [0.3, 0.4) is 0 Å². The largest absolute Gasteiger partial charge is 0.485 e. The van der Waals surface area contributed by atoms with E-state index in [-0.39, 0.29) is 0 Å². The maximum Gasteiger partial charge on any atom is 0.157 e. The molecule has 0 saturated heterocycles. The molecule has 0 bridgehead atoms. The molecule has 0 spiro atoms. The Hall–Kier alpha value is -0.700. The highest BCUT2D eigenvalue weighted by Gasteiger charge is 2.31. The number of anilines is 1. The Bertz CT molecular complexity index is 394. The Kier molecular flexibility index (Phi) is 2.80. The second kappa shape index (κ2) is 4.28. The lowest BCUT2D eigenvalue weighted by molar-refractivity contribution is 0.159. The molecule has 3 heteroatoms. The lowest BCUT2D eigenvalue weighted by Crippen LogP contribution is -2.40. The number of nitrogens with one attached hydrogen (secondary N) is 1. The van der Waals surface area contributed by atoms with Crippen molar-refractivity contribution in [1.82, 2.24) is 0 Å². The number of benzene rings is 1. The van der Waals surface area contributed by atoms with Crippen LogP contribution in [-0.2, 0) is 0 Å². The molecular weight excluding hydrogens is 266 g/mol. The third kappa shape index (κ3) is 1.81. The quantitative estimate of drug-likeness (QED) is 0.777. The molecule has 86 valence electrons. The smallest absolute Gasteiger partial charge is 0.157 e. The van der Waals surface area contributed by atoms with Crippen LogP contribution in [0.2, 0.25) is 0 Å². The molecule has 3 rings (SSSR count). The van der Waals surface area contributed by atoms with Crippen LogP contribution in [0.5, 0.6) is 5.75 Å². The first-order chi connectivity index (χ1) is 7.84. The molecule has 2 nitrogen and oxygen atoms in total. The van der Waals surface area contributed by atoms with Crippen molar-refractivity contribution < 1.29 is 4.74 Å². The standard InChI is InChI=1S/C13H16BrNO/c14-9-5-4-7-11-13(9)16-12-8-3-1-2-6-10(12)15-11/h4-5,7,10,12,15H,1-3,6,8H2. The van der Waals surface area contributed by atoms with Crippen molar-refractivity contribution in [3.63, 3.8) is 0 Å². The van der Waals surface area contributed by atoms with Gasteiger partial charge in [-0.3, -0.25) is 0 Å². The van der Waals surface area contributed by atoms with E-state index in [9.17, 15) is 0 Å². The monoisotopic (exact) mass is 281 g/mol. The molecule has 1 aliphatic heterocycles. The number of rotatable bonds is 0. The first-order valence-corrected chi connectivity index (χ1v) is 6.85. The Morgan fingerprint density at radius 2 is 2.06 bits per heavy atom. The van der Waals surface area contributed by atoms with Crippen molar-refractivity contribution >= 4 is 21.6 Å². The molecule has 2 unspecified atom stereocenters. The van der Waals surface area contributed by atoms with Gasteiger partial charge in [0.1, 0.15) is 6.10 Å². The van der Waals surface area contributed by atoms with E-state index in [1.807, 2.05) is 6.07 Å². The average molecular weight is 282 g/mol. The lowest BCUT2D eigenvalue weighted by atomic mass is 10.0. The lowest BCUT2D eigenvalue weighted by Gasteiger charge is -2.34. The fourth-order valence-electron chi connectivity index (χ4n) is 2.67. The van der Waals surface area contributed by atoms with Gasteiger partial charge in [-0.2, -0.15) is 0 Å². The van der Waals surface area contributed by atoms with Crippen molar-refractivity contribution in [3.05, 3.63) is 22.7 Å². The normalized spacial score (nSPS) is 28.1. The molecular formula is C13H16BrNO. The van der Waals surface area contributed by atoms with E-state index in [1.54, 1.807) is 0 Å². The zero-order valence-electron chi connectivity index (χ0n) is 9.21. The summed E-state index contributed by atoms with van der Waals surface area (Å²) in [5.74, 6) is 0.991. The van der Waals surface area contributed by atoms with Crippen LogP contribution < -0.4 is 10.1 Å². The molecule has 1 aromatic carbocycles. The second-order valence-electron chi connectivity index (χ2n) is 4.66. The highest BCUT2D eigenvalue weighted by molar-refractivity contribution is 9.10. The molecule has 1 N–H and O–H groups in total. The second-order valence-corrected chi connectivity index (χ2v) is 5.52. The average Bonchev–Trinajstić information content (AvgIpc) is 2.52. The molecule has 1 aliphatic carbocycles. The molecule has 2 atom stereocenters. The fraction of sp³-hybridized carbons (Fsp3) is 0.538. The van der Waals surface area contributed by atoms with Crippen LogP contribution in [-0.4, -0.2) is 12.1 Å². The third-order valence-corrected chi connectivity index (χ3v) is 4.15. The zero-order valence-corrected chi connectivity index (χ0v) is 10.8. The van der Waals surface area contributed by atoms with Gasteiger partial charge >= 0.3 is 0 Å². The van der Waals surface area contributed by atoms with E-state index in [0.29, 0.717) is 12.1 Å². The van der Waals surface area contributed by atoms with Gasteiger partial charge < -0.3 is 10.1 Å². The molecule has 0 aromatic heterocycles. The van der Waals surface area contributed by atoms with Crippen molar-refractivity contribution in [3.8, 4) is 5.75 Å². The van der Waals surface area contributed by atoms with E-state index < -0.39 is 0 Å². The first kappa shape index (κ1) is 10.5. The van der Waals surface area contributed by atoms with Gasteiger partial charge in [0.15, 0.2) is 5.75 Å². The summed E-state index contributed by atoms with van der Waals surface area (Å²) in [6.45, 7) is 0. The number of hydrogen-bond acceptors (Lipinski definition) is 2.